The highest BCUT2D eigenvalue weighted by Crippen LogP contribution is 2.34. The van der Waals surface area contributed by atoms with E-state index in [0.717, 1.165) is 38.6 Å². The molecule has 0 amide bonds. The molecule has 3 aliphatic heterocycles. The molecule has 3 saturated heterocycles. The van der Waals surface area contributed by atoms with Gasteiger partial charge in [-0.15, -0.1) is 0 Å². The predicted octanol–water partition coefficient (Wildman–Crippen LogP) is 3.33. The number of hydrogen-bond donors (Lipinski definition) is 2. The fourth-order valence-electron chi connectivity index (χ4n) is 5.78. The molecule has 2 N–H and O–H groups in total. The van der Waals surface area contributed by atoms with Crippen molar-refractivity contribution in [3.63, 3.8) is 0 Å². The second-order valence-corrected chi connectivity index (χ2v) is 11.2. The van der Waals surface area contributed by atoms with Crippen LogP contribution in [0.5, 0.6) is 0 Å². The van der Waals surface area contributed by atoms with Crippen molar-refractivity contribution in [1.82, 2.24) is 20.4 Å². The highest BCUT2D eigenvalue weighted by atomic mass is 16.5. The Morgan fingerprint density at radius 1 is 1.03 bits per heavy atom. The van der Waals surface area contributed by atoms with Crippen molar-refractivity contribution in [1.29, 1.82) is 0 Å². The van der Waals surface area contributed by atoms with E-state index in [1.54, 1.807) is 0 Å². The minimum absolute atomic E-state index is 0.175. The van der Waals surface area contributed by atoms with Gasteiger partial charge in [-0.25, -0.2) is 0 Å². The highest BCUT2D eigenvalue weighted by Gasteiger charge is 2.40. The first-order valence-electron chi connectivity index (χ1n) is 12.9. The van der Waals surface area contributed by atoms with Crippen LogP contribution in [-0.4, -0.2) is 86.9 Å². The number of ether oxygens (including phenoxy) is 1. The first-order chi connectivity index (χ1) is 14.8. The zero-order valence-electron chi connectivity index (χ0n) is 21.0. The summed E-state index contributed by atoms with van der Waals surface area (Å²) in [6.45, 7) is 17.6. The van der Waals surface area contributed by atoms with Gasteiger partial charge in [-0.05, 0) is 84.1 Å². The van der Waals surface area contributed by atoms with Crippen LogP contribution in [0.3, 0.4) is 0 Å². The van der Waals surface area contributed by atoms with Crippen LogP contribution in [0, 0.1) is 11.3 Å². The van der Waals surface area contributed by atoms with Gasteiger partial charge in [0.2, 0.25) is 0 Å². The Bertz CT molecular complexity index is 559. The first kappa shape index (κ1) is 24.8. The molecule has 6 heteroatoms. The van der Waals surface area contributed by atoms with Gasteiger partial charge in [-0.1, -0.05) is 27.2 Å². The van der Waals surface area contributed by atoms with Crippen molar-refractivity contribution in [2.45, 2.75) is 84.3 Å². The lowest BCUT2D eigenvalue weighted by Crippen LogP contribution is -2.58. The average molecular weight is 436 g/mol. The smallest absolute Gasteiger partial charge is 0.191 e. The van der Waals surface area contributed by atoms with E-state index in [-0.39, 0.29) is 11.0 Å². The maximum Gasteiger partial charge on any atom is 0.191 e. The molecular formula is C25H49N5O. The van der Waals surface area contributed by atoms with Gasteiger partial charge in [0.05, 0.1) is 12.6 Å². The largest absolute Gasteiger partial charge is 0.377 e. The summed E-state index contributed by atoms with van der Waals surface area (Å²) in [5, 5.41) is 7.20. The van der Waals surface area contributed by atoms with E-state index >= 15 is 0 Å². The second-order valence-electron chi connectivity index (χ2n) is 11.2. The minimum atomic E-state index is 0.175. The molecular weight excluding hydrogens is 386 g/mol. The molecule has 0 aromatic rings. The van der Waals surface area contributed by atoms with Crippen LogP contribution < -0.4 is 10.6 Å². The molecule has 3 aliphatic rings. The van der Waals surface area contributed by atoms with E-state index < -0.39 is 0 Å². The summed E-state index contributed by atoms with van der Waals surface area (Å²) in [6.07, 6.45) is 9.24. The van der Waals surface area contributed by atoms with Gasteiger partial charge in [0.15, 0.2) is 5.96 Å². The number of likely N-dealkylation sites (tertiary alicyclic amines) is 2. The molecule has 2 atom stereocenters. The number of rotatable bonds is 6. The molecule has 0 aromatic heterocycles. The van der Waals surface area contributed by atoms with Crippen molar-refractivity contribution in [2.24, 2.45) is 16.3 Å². The minimum Gasteiger partial charge on any atom is -0.377 e. The Morgan fingerprint density at radius 2 is 1.74 bits per heavy atom. The SMILES string of the molecule is CCNC(=NCC1(N2CCCCC2)CCN(C)CC1)NCC1CCCOC1C(C)(C)C. The highest BCUT2D eigenvalue weighted by molar-refractivity contribution is 5.79. The van der Waals surface area contributed by atoms with Crippen LogP contribution in [-0.2, 0) is 4.74 Å². The van der Waals surface area contributed by atoms with Crippen molar-refractivity contribution < 1.29 is 4.74 Å². The van der Waals surface area contributed by atoms with Crippen LogP contribution in [0.2, 0.25) is 0 Å². The normalized spacial score (nSPS) is 29.0. The van der Waals surface area contributed by atoms with E-state index in [4.69, 9.17) is 9.73 Å². The third-order valence-electron chi connectivity index (χ3n) is 7.65. The Morgan fingerprint density at radius 3 is 2.39 bits per heavy atom. The average Bonchev–Trinajstić information content (AvgIpc) is 2.77. The van der Waals surface area contributed by atoms with E-state index in [2.05, 4.69) is 55.2 Å². The van der Waals surface area contributed by atoms with E-state index in [1.807, 2.05) is 0 Å². The van der Waals surface area contributed by atoms with Crippen LogP contribution in [0.1, 0.15) is 72.6 Å². The molecule has 31 heavy (non-hydrogen) atoms. The molecule has 0 radical (unpaired) electrons. The molecule has 3 fully saturated rings. The number of aliphatic imine (C=N–C) groups is 1. The summed E-state index contributed by atoms with van der Waals surface area (Å²) >= 11 is 0. The molecule has 0 aromatic carbocycles. The number of piperidine rings is 2. The summed E-state index contributed by atoms with van der Waals surface area (Å²) in [7, 11) is 2.26. The molecule has 6 nitrogen and oxygen atoms in total. The first-order valence-corrected chi connectivity index (χ1v) is 12.9. The molecule has 3 rings (SSSR count). The fourth-order valence-corrected chi connectivity index (χ4v) is 5.78. The number of hydrogen-bond acceptors (Lipinski definition) is 4. The zero-order chi connectivity index (χ0) is 22.3. The Hall–Kier alpha value is -0.850. The van der Waals surface area contributed by atoms with Gasteiger partial charge in [0.25, 0.3) is 0 Å². The van der Waals surface area contributed by atoms with Crippen molar-refractivity contribution in [2.75, 3.05) is 59.5 Å². The third kappa shape index (κ3) is 6.82. The zero-order valence-corrected chi connectivity index (χ0v) is 21.0. The summed E-state index contributed by atoms with van der Waals surface area (Å²) in [5.74, 6) is 1.52. The third-order valence-corrected chi connectivity index (χ3v) is 7.65. The van der Waals surface area contributed by atoms with Crippen LogP contribution in [0.15, 0.2) is 4.99 Å². The van der Waals surface area contributed by atoms with Crippen molar-refractivity contribution in [3.8, 4) is 0 Å². The Kier molecular flexibility index (Phi) is 9.06. The molecule has 0 spiro atoms. The molecule has 0 bridgehead atoms. The van der Waals surface area contributed by atoms with Gasteiger partial charge < -0.3 is 20.3 Å². The predicted molar refractivity (Wildman–Crippen MR) is 131 cm³/mol. The second kappa shape index (κ2) is 11.3. The lowest BCUT2D eigenvalue weighted by atomic mass is 9.78. The van der Waals surface area contributed by atoms with Crippen LogP contribution in [0.4, 0.5) is 0 Å². The van der Waals surface area contributed by atoms with Crippen molar-refractivity contribution in [3.05, 3.63) is 0 Å². The lowest BCUT2D eigenvalue weighted by Gasteiger charge is -2.49. The van der Waals surface area contributed by atoms with Gasteiger partial charge >= 0.3 is 0 Å². The van der Waals surface area contributed by atoms with Gasteiger partial charge in [0, 0.05) is 31.2 Å². The summed E-state index contributed by atoms with van der Waals surface area (Å²) in [4.78, 5) is 10.4. The Balaban J connectivity index is 1.66. The van der Waals surface area contributed by atoms with Gasteiger partial charge in [-0.3, -0.25) is 9.89 Å². The number of nitrogens with zero attached hydrogens (tertiary/aromatic N) is 3. The topological polar surface area (TPSA) is 52.1 Å². The lowest BCUT2D eigenvalue weighted by molar-refractivity contribution is -0.0835. The number of guanidine groups is 1. The summed E-state index contributed by atoms with van der Waals surface area (Å²) in [5.41, 5.74) is 0.409. The molecule has 0 saturated carbocycles. The molecule has 180 valence electrons. The summed E-state index contributed by atoms with van der Waals surface area (Å²) < 4.78 is 6.20. The monoisotopic (exact) mass is 435 g/mol. The van der Waals surface area contributed by atoms with E-state index in [9.17, 15) is 0 Å². The number of nitrogens with one attached hydrogen (secondary N) is 2. The van der Waals surface area contributed by atoms with Crippen molar-refractivity contribution >= 4 is 5.96 Å². The van der Waals surface area contributed by atoms with E-state index in [1.165, 1.54) is 64.7 Å². The summed E-state index contributed by atoms with van der Waals surface area (Å²) in [6, 6.07) is 0. The maximum atomic E-state index is 6.20. The van der Waals surface area contributed by atoms with Gasteiger partial charge in [0.1, 0.15) is 0 Å². The molecule has 2 unspecified atom stereocenters. The standard InChI is InChI=1S/C25H49N5O/c1-6-26-23(27-19-21-11-10-18-31-22(21)24(2,3)4)28-20-25(12-16-29(5)17-13-25)30-14-8-7-9-15-30/h21-22H,6-20H2,1-5H3,(H2,26,27,28). The molecule has 3 heterocycles. The quantitative estimate of drug-likeness (QED) is 0.495. The van der Waals surface area contributed by atoms with Gasteiger partial charge in [-0.2, -0.15) is 0 Å². The fraction of sp³-hybridized carbons (Fsp3) is 0.960. The van der Waals surface area contributed by atoms with Crippen LogP contribution >= 0.6 is 0 Å². The molecule has 0 aliphatic carbocycles. The maximum absolute atomic E-state index is 6.20. The van der Waals surface area contributed by atoms with Crippen LogP contribution in [0.25, 0.3) is 0 Å². The Labute approximate surface area is 191 Å². The van der Waals surface area contributed by atoms with E-state index in [0.29, 0.717) is 12.0 Å².